The predicted molar refractivity (Wildman–Crippen MR) is 50.7 cm³/mol. The molecule has 0 saturated heterocycles. The molecule has 0 radical (unpaired) electrons. The summed E-state index contributed by atoms with van der Waals surface area (Å²) in [7, 11) is 0. The highest BCUT2D eigenvalue weighted by molar-refractivity contribution is 7.09. The maximum atomic E-state index is 12.2. The van der Waals surface area contributed by atoms with Gasteiger partial charge in [0.1, 0.15) is 10.7 Å². The number of nitrogens with zero attached hydrogens (tertiary/aromatic N) is 4. The molecule has 2 N–H and O–H groups in total. The number of hydrogen-bond donors (Lipinski definition) is 1. The molecule has 0 amide bonds. The molecule has 0 aromatic carbocycles. The third-order valence-corrected chi connectivity index (χ3v) is 2.42. The van der Waals surface area contributed by atoms with E-state index in [1.54, 1.807) is 0 Å². The number of anilines is 1. The number of rotatable bonds is 2. The average molecular weight is 249 g/mol. The van der Waals surface area contributed by atoms with E-state index in [0.717, 1.165) is 22.3 Å². The standard InChI is InChI=1S/C7H6F3N5S/c8-7(9,10)5-1-2-15(13-5)3-4-6(11)16-14-12-4/h1-2H,3,11H2. The van der Waals surface area contributed by atoms with E-state index in [1.807, 2.05) is 0 Å². The molecule has 0 fully saturated rings. The van der Waals surface area contributed by atoms with Gasteiger partial charge in [-0.2, -0.15) is 18.3 Å². The molecule has 0 bridgehead atoms. The first-order chi connectivity index (χ1) is 7.47. The summed E-state index contributed by atoms with van der Waals surface area (Å²) in [6.07, 6.45) is -3.21. The monoisotopic (exact) mass is 249 g/mol. The van der Waals surface area contributed by atoms with Crippen molar-refractivity contribution >= 4 is 16.5 Å². The molecule has 9 heteroatoms. The lowest BCUT2D eigenvalue weighted by Gasteiger charge is -2.01. The number of nitrogens with two attached hydrogens (primary N) is 1. The fourth-order valence-corrected chi connectivity index (χ4v) is 1.52. The summed E-state index contributed by atoms with van der Waals surface area (Å²) in [6.45, 7) is 0.0818. The summed E-state index contributed by atoms with van der Waals surface area (Å²) in [5.41, 5.74) is 4.99. The lowest BCUT2D eigenvalue weighted by Crippen LogP contribution is -2.09. The van der Waals surface area contributed by atoms with Crippen molar-refractivity contribution < 1.29 is 13.2 Å². The fraction of sp³-hybridized carbons (Fsp3) is 0.286. The van der Waals surface area contributed by atoms with Crippen molar-refractivity contribution in [2.75, 3.05) is 5.73 Å². The molecule has 2 rings (SSSR count). The van der Waals surface area contributed by atoms with Crippen LogP contribution in [0.5, 0.6) is 0 Å². The number of halogens is 3. The van der Waals surface area contributed by atoms with Crippen molar-refractivity contribution in [3.05, 3.63) is 23.7 Å². The van der Waals surface area contributed by atoms with Crippen LogP contribution in [0.3, 0.4) is 0 Å². The Morgan fingerprint density at radius 3 is 2.69 bits per heavy atom. The van der Waals surface area contributed by atoms with Crippen molar-refractivity contribution in [2.45, 2.75) is 12.7 Å². The third kappa shape index (κ3) is 2.13. The van der Waals surface area contributed by atoms with E-state index in [2.05, 4.69) is 14.7 Å². The molecule has 2 aromatic rings. The Bertz CT molecular complexity index is 488. The maximum absolute atomic E-state index is 12.2. The summed E-state index contributed by atoms with van der Waals surface area (Å²) in [5, 5.41) is 7.43. The van der Waals surface area contributed by atoms with E-state index < -0.39 is 11.9 Å². The molecule has 0 aliphatic carbocycles. The van der Waals surface area contributed by atoms with Crippen LogP contribution in [0.15, 0.2) is 12.3 Å². The van der Waals surface area contributed by atoms with Gasteiger partial charge >= 0.3 is 6.18 Å². The van der Waals surface area contributed by atoms with Gasteiger partial charge in [0.05, 0.1) is 6.54 Å². The molecule has 0 saturated carbocycles. The SMILES string of the molecule is Nc1snnc1Cn1ccc(C(F)(F)F)n1. The van der Waals surface area contributed by atoms with E-state index >= 15 is 0 Å². The molecule has 0 spiro atoms. The van der Waals surface area contributed by atoms with E-state index in [-0.39, 0.29) is 6.54 Å². The Balaban J connectivity index is 2.18. The highest BCUT2D eigenvalue weighted by atomic mass is 32.1. The normalized spacial score (nSPS) is 11.9. The number of alkyl halides is 3. The zero-order valence-corrected chi connectivity index (χ0v) is 8.59. The van der Waals surface area contributed by atoms with Crippen LogP contribution in [-0.2, 0) is 12.7 Å². The quantitative estimate of drug-likeness (QED) is 0.873. The smallest absolute Gasteiger partial charge is 0.388 e. The van der Waals surface area contributed by atoms with Crippen LogP contribution in [0.1, 0.15) is 11.4 Å². The molecular formula is C7H6F3N5S. The highest BCUT2D eigenvalue weighted by Gasteiger charge is 2.33. The van der Waals surface area contributed by atoms with Gasteiger partial charge in [0, 0.05) is 17.7 Å². The Labute approximate surface area is 91.9 Å². The van der Waals surface area contributed by atoms with Crippen molar-refractivity contribution in [1.82, 2.24) is 19.4 Å². The number of hydrogen-bond acceptors (Lipinski definition) is 5. The minimum atomic E-state index is -4.43. The Kier molecular flexibility index (Phi) is 2.54. The van der Waals surface area contributed by atoms with Gasteiger partial charge in [0.2, 0.25) is 0 Å². The summed E-state index contributed by atoms with van der Waals surface area (Å²) in [4.78, 5) is 0. The van der Waals surface area contributed by atoms with Gasteiger partial charge in [-0.3, -0.25) is 4.68 Å². The van der Waals surface area contributed by atoms with Gasteiger partial charge < -0.3 is 5.73 Å². The topological polar surface area (TPSA) is 69.6 Å². The molecule has 0 atom stereocenters. The summed E-state index contributed by atoms with van der Waals surface area (Å²) >= 11 is 0.989. The van der Waals surface area contributed by atoms with E-state index in [0.29, 0.717) is 10.7 Å². The Morgan fingerprint density at radius 1 is 1.44 bits per heavy atom. The lowest BCUT2D eigenvalue weighted by atomic mass is 10.4. The number of nitrogen functional groups attached to an aromatic ring is 1. The molecule has 16 heavy (non-hydrogen) atoms. The molecular weight excluding hydrogens is 243 g/mol. The van der Waals surface area contributed by atoms with Crippen LogP contribution in [0.2, 0.25) is 0 Å². The van der Waals surface area contributed by atoms with Crippen molar-refractivity contribution in [3.63, 3.8) is 0 Å². The minimum absolute atomic E-state index is 0.0818. The summed E-state index contributed by atoms with van der Waals surface area (Å²) in [5.74, 6) is 0. The number of aromatic nitrogens is 4. The van der Waals surface area contributed by atoms with Gasteiger partial charge in [0.25, 0.3) is 0 Å². The van der Waals surface area contributed by atoms with Gasteiger partial charge in [-0.05, 0) is 6.07 Å². The molecule has 2 heterocycles. The van der Waals surface area contributed by atoms with Crippen LogP contribution in [0, 0.1) is 0 Å². The summed E-state index contributed by atoms with van der Waals surface area (Å²) < 4.78 is 41.4. The molecule has 0 aliphatic heterocycles. The fourth-order valence-electron chi connectivity index (χ4n) is 1.08. The minimum Gasteiger partial charge on any atom is -0.388 e. The Morgan fingerprint density at radius 2 is 2.19 bits per heavy atom. The van der Waals surface area contributed by atoms with Crippen LogP contribution >= 0.6 is 11.5 Å². The molecule has 86 valence electrons. The third-order valence-electron chi connectivity index (χ3n) is 1.83. The lowest BCUT2D eigenvalue weighted by molar-refractivity contribution is -0.141. The Hall–Kier alpha value is -1.64. The zero-order valence-electron chi connectivity index (χ0n) is 7.77. The molecule has 0 unspecified atom stereocenters. The second kappa shape index (κ2) is 3.74. The largest absolute Gasteiger partial charge is 0.435 e. The van der Waals surface area contributed by atoms with Gasteiger partial charge in [0.15, 0.2) is 5.69 Å². The first kappa shape index (κ1) is 10.9. The van der Waals surface area contributed by atoms with Crippen molar-refractivity contribution in [3.8, 4) is 0 Å². The zero-order chi connectivity index (χ0) is 11.8. The van der Waals surface area contributed by atoms with Crippen LogP contribution < -0.4 is 5.73 Å². The van der Waals surface area contributed by atoms with Gasteiger partial charge in [-0.25, -0.2) is 0 Å². The van der Waals surface area contributed by atoms with Gasteiger partial charge in [-0.1, -0.05) is 4.49 Å². The summed E-state index contributed by atoms with van der Waals surface area (Å²) in [6, 6.07) is 0.899. The second-order valence-corrected chi connectivity index (χ2v) is 3.77. The van der Waals surface area contributed by atoms with Crippen molar-refractivity contribution in [2.24, 2.45) is 0 Å². The predicted octanol–water partition coefficient (Wildman–Crippen LogP) is 1.38. The van der Waals surface area contributed by atoms with Gasteiger partial charge in [-0.15, -0.1) is 5.10 Å². The van der Waals surface area contributed by atoms with E-state index in [9.17, 15) is 13.2 Å². The van der Waals surface area contributed by atoms with Crippen molar-refractivity contribution in [1.29, 1.82) is 0 Å². The highest BCUT2D eigenvalue weighted by Crippen LogP contribution is 2.27. The van der Waals surface area contributed by atoms with Crippen LogP contribution in [0.25, 0.3) is 0 Å². The molecule has 2 aromatic heterocycles. The molecule has 5 nitrogen and oxygen atoms in total. The van der Waals surface area contributed by atoms with E-state index in [1.165, 1.54) is 6.20 Å². The first-order valence-corrected chi connectivity index (χ1v) is 4.91. The first-order valence-electron chi connectivity index (χ1n) is 4.14. The average Bonchev–Trinajstić information content (AvgIpc) is 2.76. The maximum Gasteiger partial charge on any atom is 0.435 e. The van der Waals surface area contributed by atoms with Crippen LogP contribution in [-0.4, -0.2) is 19.4 Å². The van der Waals surface area contributed by atoms with E-state index in [4.69, 9.17) is 5.73 Å². The second-order valence-electron chi connectivity index (χ2n) is 2.98. The van der Waals surface area contributed by atoms with Crippen LogP contribution in [0.4, 0.5) is 18.2 Å². The molecule has 0 aliphatic rings.